The van der Waals surface area contributed by atoms with Crippen molar-refractivity contribution in [2.24, 2.45) is 0 Å². The highest BCUT2D eigenvalue weighted by molar-refractivity contribution is 7.99. The van der Waals surface area contributed by atoms with E-state index in [0.29, 0.717) is 29.0 Å². The molecule has 1 N–H and O–H groups in total. The Morgan fingerprint density at radius 3 is 2.59 bits per heavy atom. The van der Waals surface area contributed by atoms with Gasteiger partial charge in [-0.2, -0.15) is 0 Å². The van der Waals surface area contributed by atoms with Gasteiger partial charge in [-0.1, -0.05) is 65.8 Å². The molecule has 1 amide bonds. The van der Waals surface area contributed by atoms with E-state index in [1.807, 2.05) is 60.9 Å². The zero-order chi connectivity index (χ0) is 24.1. The Labute approximate surface area is 206 Å². The number of nitrogens with one attached hydrogen (secondary N) is 1. The van der Waals surface area contributed by atoms with Crippen molar-refractivity contribution in [2.45, 2.75) is 32.1 Å². The Bertz CT molecular complexity index is 1380. The van der Waals surface area contributed by atoms with Crippen LogP contribution in [0.1, 0.15) is 18.1 Å². The molecule has 0 aliphatic rings. The van der Waals surface area contributed by atoms with Crippen LogP contribution in [-0.4, -0.2) is 31.0 Å². The lowest BCUT2D eigenvalue weighted by atomic mass is 10.1. The molecule has 174 valence electrons. The maximum Gasteiger partial charge on any atom is 0.250 e. The topological polar surface area (TPSA) is 81.8 Å². The monoisotopic (exact) mass is 493 g/mol. The molecule has 4 aromatic rings. The molecular formula is C25H24ClN5O2S. The third-order valence-corrected chi connectivity index (χ3v) is 6.65. The van der Waals surface area contributed by atoms with Gasteiger partial charge >= 0.3 is 0 Å². The Morgan fingerprint density at radius 2 is 1.82 bits per heavy atom. The van der Waals surface area contributed by atoms with E-state index in [9.17, 15) is 9.59 Å². The van der Waals surface area contributed by atoms with Crippen LogP contribution in [0, 0.1) is 6.92 Å². The number of anilines is 1. The molecule has 9 heteroatoms. The average molecular weight is 494 g/mol. The number of carbonyl (C=O) groups is 1. The Morgan fingerprint density at radius 1 is 1.06 bits per heavy atom. The standard InChI is InChI=1S/C25H24ClN5O2S/c1-3-31-24(20-10-6-4-8-17(20)2)28-29-25(31)34-16-22(32)27-19-12-13-23(33)30(15-19)14-18-9-5-7-11-21(18)26/h4-13,15H,3,14,16H2,1-2H3,(H,27,32). The first kappa shape index (κ1) is 23.8. The number of carbonyl (C=O) groups excluding carboxylic acids is 1. The van der Waals surface area contributed by atoms with E-state index in [0.717, 1.165) is 22.5 Å². The molecule has 0 saturated carbocycles. The predicted molar refractivity (Wildman–Crippen MR) is 136 cm³/mol. The van der Waals surface area contributed by atoms with Crippen molar-refractivity contribution >= 4 is 35.0 Å². The van der Waals surface area contributed by atoms with Crippen molar-refractivity contribution in [3.05, 3.63) is 93.4 Å². The Hall–Kier alpha value is -3.36. The molecule has 0 fully saturated rings. The predicted octanol–water partition coefficient (Wildman–Crippen LogP) is 4.87. The number of hydrogen-bond donors (Lipinski definition) is 1. The normalized spacial score (nSPS) is 10.9. The number of aromatic nitrogens is 4. The highest BCUT2D eigenvalue weighted by Crippen LogP contribution is 2.26. The van der Waals surface area contributed by atoms with Gasteiger partial charge in [-0.05, 0) is 37.1 Å². The first-order valence-electron chi connectivity index (χ1n) is 10.8. The zero-order valence-corrected chi connectivity index (χ0v) is 20.4. The molecule has 0 radical (unpaired) electrons. The van der Waals surface area contributed by atoms with Gasteiger partial charge in [0, 0.05) is 29.4 Å². The summed E-state index contributed by atoms with van der Waals surface area (Å²) in [6.07, 6.45) is 1.62. The smallest absolute Gasteiger partial charge is 0.250 e. The first-order chi connectivity index (χ1) is 16.5. The summed E-state index contributed by atoms with van der Waals surface area (Å²) in [7, 11) is 0. The van der Waals surface area contributed by atoms with Crippen molar-refractivity contribution < 1.29 is 4.79 Å². The highest BCUT2D eigenvalue weighted by atomic mass is 35.5. The van der Waals surface area contributed by atoms with Gasteiger partial charge in [-0.25, -0.2) is 0 Å². The lowest BCUT2D eigenvalue weighted by Crippen LogP contribution is -2.22. The molecule has 34 heavy (non-hydrogen) atoms. The fourth-order valence-corrected chi connectivity index (χ4v) is 4.57. The molecule has 2 aromatic heterocycles. The quantitative estimate of drug-likeness (QED) is 0.354. The summed E-state index contributed by atoms with van der Waals surface area (Å²) >= 11 is 7.55. The highest BCUT2D eigenvalue weighted by Gasteiger charge is 2.16. The second-order valence-corrected chi connectivity index (χ2v) is 9.03. The number of benzene rings is 2. The minimum atomic E-state index is -0.198. The Balaban J connectivity index is 1.44. The van der Waals surface area contributed by atoms with Crippen LogP contribution in [0.5, 0.6) is 0 Å². The second-order valence-electron chi connectivity index (χ2n) is 7.68. The fourth-order valence-electron chi connectivity index (χ4n) is 3.57. The largest absolute Gasteiger partial charge is 0.324 e. The van der Waals surface area contributed by atoms with E-state index < -0.39 is 0 Å². The number of thioether (sulfide) groups is 1. The van der Waals surface area contributed by atoms with Gasteiger partial charge in [0.05, 0.1) is 18.0 Å². The van der Waals surface area contributed by atoms with Crippen LogP contribution in [0.4, 0.5) is 5.69 Å². The van der Waals surface area contributed by atoms with E-state index in [1.54, 1.807) is 18.3 Å². The molecule has 4 rings (SSSR count). The van der Waals surface area contributed by atoms with Gasteiger partial charge in [-0.15, -0.1) is 10.2 Å². The number of halogens is 1. The van der Waals surface area contributed by atoms with Crippen LogP contribution in [0.2, 0.25) is 5.02 Å². The number of hydrogen-bond acceptors (Lipinski definition) is 5. The lowest BCUT2D eigenvalue weighted by Gasteiger charge is -2.11. The van der Waals surface area contributed by atoms with Crippen LogP contribution >= 0.6 is 23.4 Å². The van der Waals surface area contributed by atoms with Crippen LogP contribution in [0.15, 0.2) is 76.8 Å². The summed E-state index contributed by atoms with van der Waals surface area (Å²) in [5.74, 6) is 0.751. The number of nitrogens with zero attached hydrogens (tertiary/aromatic N) is 4. The van der Waals surface area contributed by atoms with Crippen molar-refractivity contribution in [2.75, 3.05) is 11.1 Å². The fraction of sp³-hybridized carbons (Fsp3) is 0.200. The maximum absolute atomic E-state index is 12.6. The summed E-state index contributed by atoms with van der Waals surface area (Å²) in [5, 5.41) is 12.8. The Kier molecular flexibility index (Phi) is 7.49. The molecule has 0 saturated heterocycles. The molecule has 2 aromatic carbocycles. The van der Waals surface area contributed by atoms with Gasteiger partial charge in [0.1, 0.15) is 0 Å². The maximum atomic E-state index is 12.6. The molecular weight excluding hydrogens is 470 g/mol. The molecule has 0 atom stereocenters. The van der Waals surface area contributed by atoms with Crippen LogP contribution < -0.4 is 10.9 Å². The van der Waals surface area contributed by atoms with Crippen molar-refractivity contribution in [1.82, 2.24) is 19.3 Å². The molecule has 0 bridgehead atoms. The number of rotatable bonds is 8. The molecule has 0 aliphatic carbocycles. The second kappa shape index (κ2) is 10.7. The van der Waals surface area contributed by atoms with E-state index in [-0.39, 0.29) is 17.2 Å². The van der Waals surface area contributed by atoms with Gasteiger partial charge in [0.2, 0.25) is 5.91 Å². The van der Waals surface area contributed by atoms with Crippen LogP contribution in [-0.2, 0) is 17.9 Å². The van der Waals surface area contributed by atoms with Gasteiger partial charge < -0.3 is 14.5 Å². The summed E-state index contributed by atoms with van der Waals surface area (Å²) in [4.78, 5) is 24.9. The molecule has 0 aliphatic heterocycles. The molecule has 7 nitrogen and oxygen atoms in total. The number of pyridine rings is 1. The third-order valence-electron chi connectivity index (χ3n) is 5.32. The van der Waals surface area contributed by atoms with Crippen LogP contribution in [0.3, 0.4) is 0 Å². The third kappa shape index (κ3) is 5.40. The number of aryl methyl sites for hydroxylation is 1. The van der Waals surface area contributed by atoms with E-state index >= 15 is 0 Å². The van der Waals surface area contributed by atoms with E-state index in [4.69, 9.17) is 11.6 Å². The summed E-state index contributed by atoms with van der Waals surface area (Å²) in [6, 6.07) is 18.4. The first-order valence-corrected chi connectivity index (χ1v) is 12.2. The van der Waals surface area contributed by atoms with Gasteiger partial charge in [-0.3, -0.25) is 9.59 Å². The molecule has 2 heterocycles. The van der Waals surface area contributed by atoms with E-state index in [1.165, 1.54) is 22.4 Å². The SMILES string of the molecule is CCn1c(SCC(=O)Nc2ccc(=O)n(Cc3ccccc3Cl)c2)nnc1-c1ccccc1C. The van der Waals surface area contributed by atoms with E-state index in [2.05, 4.69) is 15.5 Å². The molecule has 0 spiro atoms. The minimum Gasteiger partial charge on any atom is -0.324 e. The average Bonchev–Trinajstić information content (AvgIpc) is 3.24. The summed E-state index contributed by atoms with van der Waals surface area (Å²) < 4.78 is 3.52. The summed E-state index contributed by atoms with van der Waals surface area (Å²) in [6.45, 7) is 5.07. The van der Waals surface area contributed by atoms with Crippen molar-refractivity contribution in [3.8, 4) is 11.4 Å². The van der Waals surface area contributed by atoms with Gasteiger partial charge in [0.15, 0.2) is 11.0 Å². The summed E-state index contributed by atoms with van der Waals surface area (Å²) in [5.41, 5.74) is 3.33. The van der Waals surface area contributed by atoms with Crippen molar-refractivity contribution in [1.29, 1.82) is 0 Å². The number of amides is 1. The lowest BCUT2D eigenvalue weighted by molar-refractivity contribution is -0.113. The zero-order valence-electron chi connectivity index (χ0n) is 18.9. The molecule has 0 unspecified atom stereocenters. The van der Waals surface area contributed by atoms with Crippen LogP contribution in [0.25, 0.3) is 11.4 Å². The van der Waals surface area contributed by atoms with Crippen molar-refractivity contribution in [3.63, 3.8) is 0 Å². The minimum absolute atomic E-state index is 0.162. The van der Waals surface area contributed by atoms with Gasteiger partial charge in [0.25, 0.3) is 5.56 Å².